The predicted molar refractivity (Wildman–Crippen MR) is 120 cm³/mol. The summed E-state index contributed by atoms with van der Waals surface area (Å²) in [4.78, 5) is 16.6. The lowest BCUT2D eigenvalue weighted by Crippen LogP contribution is -2.28. The number of methoxy groups -OCH3 is 2. The van der Waals surface area contributed by atoms with Gasteiger partial charge in [0.05, 0.1) is 25.7 Å². The maximum absolute atomic E-state index is 12.5. The molecule has 0 bridgehead atoms. The third kappa shape index (κ3) is 6.08. The molecule has 0 aliphatic rings. The predicted octanol–water partition coefficient (Wildman–Crippen LogP) is 3.89. The second kappa shape index (κ2) is 10.5. The summed E-state index contributed by atoms with van der Waals surface area (Å²) in [5, 5.41) is 3.39. The average molecular weight is 463 g/mol. The quantitative estimate of drug-likeness (QED) is 0.519. The van der Waals surface area contributed by atoms with E-state index >= 15 is 0 Å². The molecule has 0 fully saturated rings. The first-order chi connectivity index (χ1) is 14.9. The first-order valence-corrected chi connectivity index (χ1v) is 11.3. The molecule has 1 N–H and O–H groups in total. The molecule has 0 saturated carbocycles. The summed E-state index contributed by atoms with van der Waals surface area (Å²) in [6.07, 6.45) is 0. The number of aryl methyl sites for hydroxylation is 1. The van der Waals surface area contributed by atoms with Gasteiger partial charge in [-0.2, -0.15) is 0 Å². The van der Waals surface area contributed by atoms with Crippen molar-refractivity contribution in [1.82, 2.24) is 10.3 Å². The number of hydrogen-bond acceptors (Lipinski definition) is 6. The molecule has 2 aromatic carbocycles. The van der Waals surface area contributed by atoms with Crippen LogP contribution in [0.15, 0.2) is 46.9 Å². The number of oxazole rings is 1. The Balaban J connectivity index is 1.60. The fraction of sp³-hybridized carbons (Fsp3) is 0.273. The van der Waals surface area contributed by atoms with Crippen molar-refractivity contribution in [2.75, 3.05) is 20.0 Å². The molecule has 3 aromatic rings. The third-order valence-electron chi connectivity index (χ3n) is 4.52. The number of ether oxygens (including phenoxy) is 2. The van der Waals surface area contributed by atoms with Crippen LogP contribution in [-0.4, -0.2) is 35.1 Å². The minimum atomic E-state index is -1.43. The van der Waals surface area contributed by atoms with Gasteiger partial charge in [-0.3, -0.25) is 9.00 Å². The number of carbonyl (C=O) groups excluding carboxylic acids is 1. The lowest BCUT2D eigenvalue weighted by atomic mass is 10.2. The number of aromatic nitrogens is 1. The molecule has 1 heterocycles. The molecular weight excluding hydrogens is 440 g/mol. The Morgan fingerprint density at radius 1 is 1.13 bits per heavy atom. The van der Waals surface area contributed by atoms with Gasteiger partial charge in [0.2, 0.25) is 11.8 Å². The van der Waals surface area contributed by atoms with Crippen molar-refractivity contribution in [2.24, 2.45) is 0 Å². The van der Waals surface area contributed by atoms with E-state index in [1.165, 1.54) is 0 Å². The van der Waals surface area contributed by atoms with Crippen LogP contribution in [0.4, 0.5) is 0 Å². The van der Waals surface area contributed by atoms with Crippen LogP contribution in [0.25, 0.3) is 11.5 Å². The van der Waals surface area contributed by atoms with Crippen LogP contribution in [0.1, 0.15) is 17.0 Å². The first-order valence-electron chi connectivity index (χ1n) is 9.44. The highest BCUT2D eigenvalue weighted by Crippen LogP contribution is 2.32. The average Bonchev–Trinajstić information content (AvgIpc) is 3.12. The third-order valence-corrected chi connectivity index (χ3v) is 5.95. The topological polar surface area (TPSA) is 90.7 Å². The van der Waals surface area contributed by atoms with Crippen molar-refractivity contribution in [1.29, 1.82) is 0 Å². The molecule has 9 heteroatoms. The Morgan fingerprint density at radius 2 is 1.84 bits per heavy atom. The van der Waals surface area contributed by atoms with Crippen molar-refractivity contribution in [3.8, 4) is 23.0 Å². The fourth-order valence-electron chi connectivity index (χ4n) is 2.86. The number of hydrogen-bond donors (Lipinski definition) is 1. The van der Waals surface area contributed by atoms with Crippen molar-refractivity contribution in [3.63, 3.8) is 0 Å². The van der Waals surface area contributed by atoms with Gasteiger partial charge in [0.15, 0.2) is 11.5 Å². The maximum atomic E-state index is 12.5. The normalized spacial score (nSPS) is 11.7. The van der Waals surface area contributed by atoms with Gasteiger partial charge in [0, 0.05) is 27.9 Å². The highest BCUT2D eigenvalue weighted by molar-refractivity contribution is 7.84. The number of carbonyl (C=O) groups is 1. The summed E-state index contributed by atoms with van der Waals surface area (Å²) in [5.74, 6) is 1.80. The molecule has 3 rings (SSSR count). The van der Waals surface area contributed by atoms with Gasteiger partial charge in [0.1, 0.15) is 11.5 Å². The maximum Gasteiger partial charge on any atom is 0.232 e. The number of benzene rings is 2. The van der Waals surface area contributed by atoms with Crippen molar-refractivity contribution in [2.45, 2.75) is 19.2 Å². The van der Waals surface area contributed by atoms with Crippen LogP contribution in [0.3, 0.4) is 0 Å². The molecule has 1 amide bonds. The monoisotopic (exact) mass is 462 g/mol. The van der Waals surface area contributed by atoms with Gasteiger partial charge < -0.3 is 19.2 Å². The van der Waals surface area contributed by atoms with Crippen molar-refractivity contribution >= 4 is 28.3 Å². The van der Waals surface area contributed by atoms with E-state index < -0.39 is 10.8 Å². The molecule has 0 aliphatic heterocycles. The molecule has 0 unspecified atom stereocenters. The first kappa shape index (κ1) is 22.8. The summed E-state index contributed by atoms with van der Waals surface area (Å²) in [7, 11) is 1.68. The van der Waals surface area contributed by atoms with Gasteiger partial charge >= 0.3 is 0 Å². The minimum absolute atomic E-state index is 0.119. The number of nitrogens with one attached hydrogen (secondary N) is 1. The largest absolute Gasteiger partial charge is 0.493 e. The number of rotatable bonds is 9. The van der Waals surface area contributed by atoms with E-state index in [1.54, 1.807) is 51.5 Å². The Labute approximate surface area is 188 Å². The summed E-state index contributed by atoms with van der Waals surface area (Å²) in [6.45, 7) is 2.10. The molecular formula is C22H23ClN2O5S. The molecule has 31 heavy (non-hydrogen) atoms. The standard InChI is InChI=1S/C22H23ClN2O5S/c1-14-18(25-22(30-14)16-6-9-19(28-2)20(10-16)29-3)12-31(27)13-21(26)24-11-15-4-7-17(23)8-5-15/h4-10H,11-13H2,1-3H3,(H,24,26)/t31-/m0/s1. The van der Waals surface area contributed by atoms with Crippen molar-refractivity contribution in [3.05, 3.63) is 64.5 Å². The molecule has 164 valence electrons. The lowest BCUT2D eigenvalue weighted by molar-refractivity contribution is -0.118. The zero-order valence-corrected chi connectivity index (χ0v) is 19.0. The van der Waals surface area contributed by atoms with E-state index in [1.807, 2.05) is 12.1 Å². The summed E-state index contributed by atoms with van der Waals surface area (Å²) < 4.78 is 28.8. The number of halogens is 1. The van der Waals surface area contributed by atoms with E-state index in [-0.39, 0.29) is 17.4 Å². The van der Waals surface area contributed by atoms with Crippen LogP contribution in [0.5, 0.6) is 11.5 Å². The Hall–Kier alpha value is -2.84. The van der Waals surface area contributed by atoms with Gasteiger partial charge in [-0.15, -0.1) is 0 Å². The fourth-order valence-corrected chi connectivity index (χ4v) is 4.05. The Bertz CT molecular complexity index is 1080. The van der Waals surface area contributed by atoms with Crippen LogP contribution < -0.4 is 14.8 Å². The SMILES string of the molecule is COc1ccc(-c2nc(C[S@](=O)CC(=O)NCc3ccc(Cl)cc3)c(C)o2)cc1OC. The minimum Gasteiger partial charge on any atom is -0.493 e. The summed E-state index contributed by atoms with van der Waals surface area (Å²) in [5.41, 5.74) is 2.17. The van der Waals surface area contributed by atoms with Gasteiger partial charge in [-0.05, 0) is 42.8 Å². The zero-order valence-electron chi connectivity index (χ0n) is 17.4. The van der Waals surface area contributed by atoms with Crippen LogP contribution in [0, 0.1) is 6.92 Å². The molecule has 1 aromatic heterocycles. The van der Waals surface area contributed by atoms with Gasteiger partial charge in [-0.1, -0.05) is 23.7 Å². The Kier molecular flexibility index (Phi) is 7.70. The number of amides is 1. The lowest BCUT2D eigenvalue weighted by Gasteiger charge is -2.07. The van der Waals surface area contributed by atoms with Crippen LogP contribution >= 0.6 is 11.6 Å². The van der Waals surface area contributed by atoms with Crippen LogP contribution in [-0.2, 0) is 27.9 Å². The molecule has 7 nitrogen and oxygen atoms in total. The highest BCUT2D eigenvalue weighted by Gasteiger charge is 2.17. The van der Waals surface area contributed by atoms with Gasteiger partial charge in [-0.25, -0.2) is 4.98 Å². The van der Waals surface area contributed by atoms with E-state index in [4.69, 9.17) is 25.5 Å². The molecule has 1 atom stereocenters. The second-order valence-corrected chi connectivity index (χ2v) is 8.62. The summed E-state index contributed by atoms with van der Waals surface area (Å²) in [6, 6.07) is 12.5. The molecule has 0 spiro atoms. The zero-order chi connectivity index (χ0) is 22.4. The Morgan fingerprint density at radius 3 is 2.52 bits per heavy atom. The van der Waals surface area contributed by atoms with E-state index in [9.17, 15) is 9.00 Å². The second-order valence-electron chi connectivity index (χ2n) is 6.72. The molecule has 0 aliphatic carbocycles. The highest BCUT2D eigenvalue weighted by atomic mass is 35.5. The summed E-state index contributed by atoms with van der Waals surface area (Å²) >= 11 is 5.85. The molecule has 0 saturated heterocycles. The smallest absolute Gasteiger partial charge is 0.232 e. The molecule has 0 radical (unpaired) electrons. The van der Waals surface area contributed by atoms with E-state index in [2.05, 4.69) is 10.3 Å². The van der Waals surface area contributed by atoms with Crippen molar-refractivity contribution < 1.29 is 22.9 Å². The van der Waals surface area contributed by atoms with Gasteiger partial charge in [0.25, 0.3) is 0 Å². The van der Waals surface area contributed by atoms with E-state index in [0.29, 0.717) is 46.0 Å². The van der Waals surface area contributed by atoms with Crippen LogP contribution in [0.2, 0.25) is 5.02 Å². The number of nitrogens with zero attached hydrogens (tertiary/aromatic N) is 1. The van der Waals surface area contributed by atoms with E-state index in [0.717, 1.165) is 5.56 Å².